The summed E-state index contributed by atoms with van der Waals surface area (Å²) >= 11 is 0.805. The molecule has 1 heterocycles. The van der Waals surface area contributed by atoms with Crippen LogP contribution in [0.15, 0.2) is 6.20 Å². The molecule has 0 radical (unpaired) electrons. The van der Waals surface area contributed by atoms with Gasteiger partial charge in [-0.25, -0.2) is 4.98 Å². The van der Waals surface area contributed by atoms with Gasteiger partial charge in [0.1, 0.15) is 6.20 Å². The van der Waals surface area contributed by atoms with Gasteiger partial charge in [-0.3, -0.25) is 24.6 Å². The van der Waals surface area contributed by atoms with Gasteiger partial charge < -0.3 is 5.73 Å². The summed E-state index contributed by atoms with van der Waals surface area (Å²) in [4.78, 5) is 38.2. The molecule has 2 amide bonds. The van der Waals surface area contributed by atoms with E-state index >= 15 is 0 Å². The van der Waals surface area contributed by atoms with E-state index in [1.54, 1.807) is 0 Å². The second kappa shape index (κ2) is 7.53. The lowest BCUT2D eigenvalue weighted by Crippen LogP contribution is -2.33. The number of amides is 2. The summed E-state index contributed by atoms with van der Waals surface area (Å²) < 4.78 is 0. The minimum absolute atomic E-state index is 0.00869. The Morgan fingerprint density at radius 3 is 2.70 bits per heavy atom. The molecular weight excluding hydrogens is 284 g/mol. The van der Waals surface area contributed by atoms with Crippen LogP contribution >= 0.6 is 11.3 Å². The molecule has 0 saturated heterocycles. The van der Waals surface area contributed by atoms with E-state index in [9.17, 15) is 19.7 Å². The van der Waals surface area contributed by atoms with Crippen molar-refractivity contribution < 1.29 is 14.5 Å². The number of unbranched alkanes of at least 4 members (excludes halogenated alkanes) is 1. The summed E-state index contributed by atoms with van der Waals surface area (Å²) in [5.41, 5.74) is 5.07. The molecule has 1 rings (SSSR count). The largest absolute Gasteiger partial charge is 0.370 e. The van der Waals surface area contributed by atoms with Gasteiger partial charge in [0.05, 0.1) is 4.92 Å². The second-order valence-corrected chi connectivity index (χ2v) is 5.09. The lowest BCUT2D eigenvalue weighted by Gasteiger charge is -2.18. The zero-order valence-corrected chi connectivity index (χ0v) is 11.9. The fourth-order valence-electron chi connectivity index (χ4n) is 1.48. The molecule has 0 fully saturated rings. The number of anilines is 1. The Balaban J connectivity index is 2.86. The molecule has 110 valence electrons. The molecule has 0 saturated carbocycles. The van der Waals surface area contributed by atoms with E-state index in [4.69, 9.17) is 5.73 Å². The highest BCUT2D eigenvalue weighted by Gasteiger charge is 2.22. The number of hydrogen-bond donors (Lipinski definition) is 1. The van der Waals surface area contributed by atoms with Gasteiger partial charge in [0.2, 0.25) is 11.8 Å². The first-order valence-corrected chi connectivity index (χ1v) is 6.96. The monoisotopic (exact) mass is 300 g/mol. The Labute approximate surface area is 119 Å². The number of nitrogens with zero attached hydrogens (tertiary/aromatic N) is 3. The third-order valence-corrected chi connectivity index (χ3v) is 3.49. The Hall–Kier alpha value is -2.03. The fraction of sp³-hybridized carbons (Fsp3) is 0.545. The molecule has 0 aliphatic heterocycles. The van der Waals surface area contributed by atoms with Crippen molar-refractivity contribution in [3.8, 4) is 0 Å². The minimum atomic E-state index is -0.566. The van der Waals surface area contributed by atoms with Crippen molar-refractivity contribution >= 4 is 33.3 Å². The summed E-state index contributed by atoms with van der Waals surface area (Å²) in [6.07, 6.45) is 2.96. The molecule has 0 aliphatic carbocycles. The predicted molar refractivity (Wildman–Crippen MR) is 74.5 cm³/mol. The molecular formula is C11H16N4O4S. The third kappa shape index (κ3) is 4.57. The zero-order chi connectivity index (χ0) is 15.1. The molecule has 9 heteroatoms. The molecule has 0 aromatic carbocycles. The number of thiazole rings is 1. The SMILES string of the molecule is CCCCC(=O)N(CCC(N)=O)c1ncc([N+](=O)[O-])s1. The molecule has 0 spiro atoms. The number of carbonyl (C=O) groups excluding carboxylic acids is 2. The highest BCUT2D eigenvalue weighted by atomic mass is 32.1. The molecule has 2 N–H and O–H groups in total. The van der Waals surface area contributed by atoms with Gasteiger partial charge >= 0.3 is 5.00 Å². The minimum Gasteiger partial charge on any atom is -0.370 e. The van der Waals surface area contributed by atoms with Crippen LogP contribution in [-0.2, 0) is 9.59 Å². The summed E-state index contributed by atoms with van der Waals surface area (Å²) in [7, 11) is 0. The molecule has 0 atom stereocenters. The first-order chi connectivity index (χ1) is 9.45. The average molecular weight is 300 g/mol. The van der Waals surface area contributed by atoms with Crippen molar-refractivity contribution in [1.82, 2.24) is 4.98 Å². The summed E-state index contributed by atoms with van der Waals surface area (Å²) in [5, 5.41) is 10.7. The van der Waals surface area contributed by atoms with Crippen LogP contribution in [0.25, 0.3) is 0 Å². The first kappa shape index (κ1) is 16.0. The van der Waals surface area contributed by atoms with Crippen molar-refractivity contribution in [3.63, 3.8) is 0 Å². The number of nitrogens with two attached hydrogens (primary N) is 1. The van der Waals surface area contributed by atoms with E-state index in [-0.39, 0.29) is 29.0 Å². The number of carbonyl (C=O) groups is 2. The van der Waals surface area contributed by atoms with Crippen LogP contribution in [0.4, 0.5) is 10.1 Å². The maximum absolute atomic E-state index is 12.1. The predicted octanol–water partition coefficient (Wildman–Crippen LogP) is 1.45. The van der Waals surface area contributed by atoms with Crippen LogP contribution < -0.4 is 10.6 Å². The number of primary amides is 1. The van der Waals surface area contributed by atoms with Gasteiger partial charge in [0, 0.05) is 19.4 Å². The fourth-order valence-corrected chi connectivity index (χ4v) is 2.25. The van der Waals surface area contributed by atoms with Gasteiger partial charge in [-0.2, -0.15) is 0 Å². The van der Waals surface area contributed by atoms with Crippen molar-refractivity contribution in [2.45, 2.75) is 32.6 Å². The van der Waals surface area contributed by atoms with Crippen molar-refractivity contribution in [2.24, 2.45) is 5.73 Å². The lowest BCUT2D eigenvalue weighted by molar-refractivity contribution is -0.380. The van der Waals surface area contributed by atoms with E-state index in [2.05, 4.69) is 4.98 Å². The Morgan fingerprint density at radius 2 is 2.20 bits per heavy atom. The van der Waals surface area contributed by atoms with Crippen LogP contribution in [0.5, 0.6) is 0 Å². The van der Waals surface area contributed by atoms with Gasteiger partial charge in [0.15, 0.2) is 5.13 Å². The highest BCUT2D eigenvalue weighted by molar-refractivity contribution is 7.18. The second-order valence-electron chi connectivity index (χ2n) is 4.10. The topological polar surface area (TPSA) is 119 Å². The number of nitro groups is 1. The maximum Gasteiger partial charge on any atom is 0.345 e. The average Bonchev–Trinajstić information content (AvgIpc) is 2.85. The van der Waals surface area contributed by atoms with Gasteiger partial charge in [0.25, 0.3) is 0 Å². The molecule has 20 heavy (non-hydrogen) atoms. The van der Waals surface area contributed by atoms with E-state index < -0.39 is 10.8 Å². The maximum atomic E-state index is 12.1. The zero-order valence-electron chi connectivity index (χ0n) is 11.1. The molecule has 0 unspecified atom stereocenters. The van der Waals surface area contributed by atoms with Crippen LogP contribution in [0, 0.1) is 10.1 Å². The van der Waals surface area contributed by atoms with E-state index in [0.717, 1.165) is 24.0 Å². The molecule has 1 aromatic rings. The number of aromatic nitrogens is 1. The molecule has 0 bridgehead atoms. The van der Waals surface area contributed by atoms with Gasteiger partial charge in [-0.15, -0.1) is 0 Å². The molecule has 0 aliphatic rings. The molecule has 1 aromatic heterocycles. The normalized spacial score (nSPS) is 10.2. The Morgan fingerprint density at radius 1 is 1.50 bits per heavy atom. The smallest absolute Gasteiger partial charge is 0.345 e. The van der Waals surface area contributed by atoms with Crippen LogP contribution in [0.2, 0.25) is 0 Å². The molecule has 8 nitrogen and oxygen atoms in total. The first-order valence-electron chi connectivity index (χ1n) is 6.14. The highest BCUT2D eigenvalue weighted by Crippen LogP contribution is 2.29. The summed E-state index contributed by atoms with van der Waals surface area (Å²) in [6, 6.07) is 0. The number of rotatable bonds is 8. The van der Waals surface area contributed by atoms with Gasteiger partial charge in [-0.1, -0.05) is 13.3 Å². The van der Waals surface area contributed by atoms with Crippen LogP contribution in [0.1, 0.15) is 32.6 Å². The Bertz CT molecular complexity index is 502. The van der Waals surface area contributed by atoms with Crippen molar-refractivity contribution in [3.05, 3.63) is 16.3 Å². The van der Waals surface area contributed by atoms with E-state index in [1.165, 1.54) is 4.90 Å². The number of hydrogen-bond acceptors (Lipinski definition) is 6. The van der Waals surface area contributed by atoms with Crippen LogP contribution in [-0.4, -0.2) is 28.3 Å². The summed E-state index contributed by atoms with van der Waals surface area (Å²) in [5.74, 6) is -0.748. The third-order valence-electron chi connectivity index (χ3n) is 2.52. The van der Waals surface area contributed by atoms with Crippen molar-refractivity contribution in [2.75, 3.05) is 11.4 Å². The lowest BCUT2D eigenvalue weighted by atomic mass is 10.2. The van der Waals surface area contributed by atoms with E-state index in [1.807, 2.05) is 6.92 Å². The van der Waals surface area contributed by atoms with Gasteiger partial charge in [-0.05, 0) is 17.8 Å². The summed E-state index contributed by atoms with van der Waals surface area (Å²) in [6.45, 7) is 2.04. The van der Waals surface area contributed by atoms with Crippen LogP contribution in [0.3, 0.4) is 0 Å². The Kier molecular flexibility index (Phi) is 6.04. The standard InChI is InChI=1S/C11H16N4O4S/c1-2-3-4-9(17)14(6-5-8(12)16)11-13-7-10(20-11)15(18)19/h7H,2-6H2,1H3,(H2,12,16). The quantitative estimate of drug-likeness (QED) is 0.575. The van der Waals surface area contributed by atoms with E-state index in [0.29, 0.717) is 12.8 Å². The van der Waals surface area contributed by atoms with Crippen molar-refractivity contribution in [1.29, 1.82) is 0 Å².